The van der Waals surface area contributed by atoms with Gasteiger partial charge < -0.3 is 15.0 Å². The third-order valence-electron chi connectivity index (χ3n) is 4.69. The number of para-hydroxylation sites is 1. The zero-order chi connectivity index (χ0) is 18.6. The lowest BCUT2D eigenvalue weighted by Gasteiger charge is -2.28. The molecule has 0 bridgehead atoms. The van der Waals surface area contributed by atoms with Crippen LogP contribution in [0.15, 0.2) is 48.5 Å². The van der Waals surface area contributed by atoms with Crippen LogP contribution < -0.4 is 10.2 Å². The summed E-state index contributed by atoms with van der Waals surface area (Å²) in [4.78, 5) is 14.8. The minimum absolute atomic E-state index is 0.0102. The SMILES string of the molecule is CC(C)(C)c1ccccc1NC(=O)Cc1ccc(N2CCOCC2)cc1. The van der Waals surface area contributed by atoms with Crippen molar-refractivity contribution in [1.29, 1.82) is 0 Å². The predicted molar refractivity (Wildman–Crippen MR) is 107 cm³/mol. The quantitative estimate of drug-likeness (QED) is 0.904. The van der Waals surface area contributed by atoms with Gasteiger partial charge in [0.25, 0.3) is 0 Å². The lowest BCUT2D eigenvalue weighted by molar-refractivity contribution is -0.115. The molecule has 1 heterocycles. The average Bonchev–Trinajstić information content (AvgIpc) is 2.62. The highest BCUT2D eigenvalue weighted by Gasteiger charge is 2.18. The van der Waals surface area contributed by atoms with E-state index in [4.69, 9.17) is 4.74 Å². The minimum Gasteiger partial charge on any atom is -0.378 e. The van der Waals surface area contributed by atoms with Crippen molar-refractivity contribution in [3.63, 3.8) is 0 Å². The zero-order valence-corrected chi connectivity index (χ0v) is 15.9. The molecule has 2 aromatic rings. The summed E-state index contributed by atoms with van der Waals surface area (Å²) in [6.45, 7) is 9.86. The molecule has 1 aliphatic heterocycles. The second-order valence-corrected chi connectivity index (χ2v) is 7.79. The summed E-state index contributed by atoms with van der Waals surface area (Å²) < 4.78 is 5.39. The standard InChI is InChI=1S/C22H28N2O2/c1-22(2,3)19-6-4-5-7-20(19)23-21(25)16-17-8-10-18(11-9-17)24-12-14-26-15-13-24/h4-11H,12-16H2,1-3H3,(H,23,25). The Kier molecular flexibility index (Phi) is 5.62. The summed E-state index contributed by atoms with van der Waals surface area (Å²) in [5.74, 6) is 0.0147. The Morgan fingerprint density at radius 1 is 1.04 bits per heavy atom. The van der Waals surface area contributed by atoms with Crippen LogP contribution in [0.1, 0.15) is 31.9 Å². The number of hydrogen-bond donors (Lipinski definition) is 1. The molecule has 1 aliphatic rings. The summed E-state index contributed by atoms with van der Waals surface area (Å²) in [6, 6.07) is 16.3. The molecule has 0 atom stereocenters. The van der Waals surface area contributed by atoms with E-state index < -0.39 is 0 Å². The fourth-order valence-electron chi connectivity index (χ4n) is 3.27. The van der Waals surface area contributed by atoms with Gasteiger partial charge in [-0.3, -0.25) is 4.79 Å². The van der Waals surface area contributed by atoms with Crippen molar-refractivity contribution in [2.75, 3.05) is 36.5 Å². The Labute approximate surface area is 156 Å². The Hall–Kier alpha value is -2.33. The molecule has 4 nitrogen and oxygen atoms in total. The highest BCUT2D eigenvalue weighted by molar-refractivity contribution is 5.93. The monoisotopic (exact) mass is 352 g/mol. The molecule has 4 heteroatoms. The Morgan fingerprint density at radius 3 is 2.35 bits per heavy atom. The van der Waals surface area contributed by atoms with Gasteiger partial charge in [-0.05, 0) is 34.7 Å². The molecule has 1 fully saturated rings. The second kappa shape index (κ2) is 7.92. The molecule has 26 heavy (non-hydrogen) atoms. The number of carbonyl (C=O) groups is 1. The van der Waals surface area contributed by atoms with Gasteiger partial charge in [0.15, 0.2) is 0 Å². The highest BCUT2D eigenvalue weighted by Crippen LogP contribution is 2.29. The van der Waals surface area contributed by atoms with Crippen molar-refractivity contribution >= 4 is 17.3 Å². The maximum absolute atomic E-state index is 12.5. The molecule has 1 N–H and O–H groups in total. The third kappa shape index (κ3) is 4.64. The van der Waals surface area contributed by atoms with Crippen LogP contribution in [0.2, 0.25) is 0 Å². The molecule has 138 valence electrons. The number of carbonyl (C=O) groups excluding carboxylic acids is 1. The van der Waals surface area contributed by atoms with Gasteiger partial charge in [0.2, 0.25) is 5.91 Å². The van der Waals surface area contributed by atoms with Gasteiger partial charge in [0.1, 0.15) is 0 Å². The van der Waals surface area contributed by atoms with Crippen LogP contribution in [-0.4, -0.2) is 32.2 Å². The molecular weight excluding hydrogens is 324 g/mol. The van der Waals surface area contributed by atoms with E-state index in [0.717, 1.165) is 43.1 Å². The van der Waals surface area contributed by atoms with Gasteiger partial charge in [-0.15, -0.1) is 0 Å². The molecule has 0 aromatic heterocycles. The summed E-state index contributed by atoms with van der Waals surface area (Å²) in [5.41, 5.74) is 4.25. The normalized spacial score (nSPS) is 15.0. The average molecular weight is 352 g/mol. The van der Waals surface area contributed by atoms with E-state index in [1.807, 2.05) is 30.3 Å². The van der Waals surface area contributed by atoms with Crippen LogP contribution in [-0.2, 0) is 21.4 Å². The first kappa shape index (κ1) is 18.5. The molecule has 0 unspecified atom stereocenters. The van der Waals surface area contributed by atoms with E-state index >= 15 is 0 Å². The molecule has 1 saturated heterocycles. The van der Waals surface area contributed by atoms with Crippen LogP contribution in [0, 0.1) is 0 Å². The fourth-order valence-corrected chi connectivity index (χ4v) is 3.27. The van der Waals surface area contributed by atoms with Crippen molar-refractivity contribution in [3.05, 3.63) is 59.7 Å². The molecule has 0 aliphatic carbocycles. The Morgan fingerprint density at radius 2 is 1.69 bits per heavy atom. The maximum Gasteiger partial charge on any atom is 0.228 e. The first-order chi connectivity index (χ1) is 12.4. The second-order valence-electron chi connectivity index (χ2n) is 7.79. The van der Waals surface area contributed by atoms with Gasteiger partial charge in [-0.2, -0.15) is 0 Å². The van der Waals surface area contributed by atoms with Crippen LogP contribution in [0.4, 0.5) is 11.4 Å². The van der Waals surface area contributed by atoms with Gasteiger partial charge in [0, 0.05) is 24.5 Å². The summed E-state index contributed by atoms with van der Waals surface area (Å²) >= 11 is 0. The van der Waals surface area contributed by atoms with Crippen molar-refractivity contribution in [2.24, 2.45) is 0 Å². The zero-order valence-electron chi connectivity index (χ0n) is 15.9. The highest BCUT2D eigenvalue weighted by atomic mass is 16.5. The minimum atomic E-state index is -0.0102. The Bertz CT molecular complexity index is 741. The van der Waals surface area contributed by atoms with Crippen LogP contribution in [0.3, 0.4) is 0 Å². The third-order valence-corrected chi connectivity index (χ3v) is 4.69. The number of ether oxygens (including phenoxy) is 1. The lowest BCUT2D eigenvalue weighted by Crippen LogP contribution is -2.36. The van der Waals surface area contributed by atoms with E-state index in [1.54, 1.807) is 0 Å². The predicted octanol–water partition coefficient (Wildman–Crippen LogP) is 4.00. The van der Waals surface area contributed by atoms with E-state index in [-0.39, 0.29) is 11.3 Å². The number of nitrogens with zero attached hydrogens (tertiary/aromatic N) is 1. The molecule has 0 radical (unpaired) electrons. The van der Waals surface area contributed by atoms with Crippen LogP contribution >= 0.6 is 0 Å². The summed E-state index contributed by atoms with van der Waals surface area (Å²) in [5, 5.41) is 3.08. The number of benzene rings is 2. The van der Waals surface area contributed by atoms with Crippen molar-refractivity contribution < 1.29 is 9.53 Å². The van der Waals surface area contributed by atoms with Gasteiger partial charge >= 0.3 is 0 Å². The van der Waals surface area contributed by atoms with Crippen molar-refractivity contribution in [3.8, 4) is 0 Å². The maximum atomic E-state index is 12.5. The smallest absolute Gasteiger partial charge is 0.228 e. The number of morpholine rings is 1. The largest absolute Gasteiger partial charge is 0.378 e. The van der Waals surface area contributed by atoms with Crippen molar-refractivity contribution in [2.45, 2.75) is 32.6 Å². The summed E-state index contributed by atoms with van der Waals surface area (Å²) in [7, 11) is 0. The van der Waals surface area contributed by atoms with Crippen LogP contribution in [0.5, 0.6) is 0 Å². The van der Waals surface area contributed by atoms with Crippen molar-refractivity contribution in [1.82, 2.24) is 0 Å². The number of anilines is 2. The molecule has 3 rings (SSSR count). The van der Waals surface area contributed by atoms with Crippen LogP contribution in [0.25, 0.3) is 0 Å². The number of nitrogens with one attached hydrogen (secondary N) is 1. The van der Waals surface area contributed by atoms with E-state index in [0.29, 0.717) is 6.42 Å². The molecule has 0 saturated carbocycles. The molecular formula is C22H28N2O2. The number of hydrogen-bond acceptors (Lipinski definition) is 3. The first-order valence-electron chi connectivity index (χ1n) is 9.24. The van der Waals surface area contributed by atoms with E-state index in [1.165, 1.54) is 5.69 Å². The molecule has 1 amide bonds. The van der Waals surface area contributed by atoms with Gasteiger partial charge in [-0.25, -0.2) is 0 Å². The Balaban J connectivity index is 1.64. The summed E-state index contributed by atoms with van der Waals surface area (Å²) in [6.07, 6.45) is 0.377. The van der Waals surface area contributed by atoms with Gasteiger partial charge in [-0.1, -0.05) is 51.1 Å². The molecule has 2 aromatic carbocycles. The number of rotatable bonds is 4. The molecule has 0 spiro atoms. The lowest BCUT2D eigenvalue weighted by atomic mass is 9.86. The first-order valence-corrected chi connectivity index (χ1v) is 9.24. The fraction of sp³-hybridized carbons (Fsp3) is 0.409. The van der Waals surface area contributed by atoms with Gasteiger partial charge in [0.05, 0.1) is 19.6 Å². The van der Waals surface area contributed by atoms with E-state index in [2.05, 4.69) is 49.2 Å². The topological polar surface area (TPSA) is 41.6 Å². The number of amides is 1. The van der Waals surface area contributed by atoms with E-state index in [9.17, 15) is 4.79 Å².